The van der Waals surface area contributed by atoms with E-state index in [2.05, 4.69) is 6.58 Å². The highest BCUT2D eigenvalue weighted by atomic mass is 16.5. The standard InChI is InChI=1S/C15H24O3/c1-6-11-7-8-12(16)13(11)15(17)18-14(9(2)3)10(4)5/h6,9-11,13-14H,1,7-8H2,2-5H3. The van der Waals surface area contributed by atoms with Crippen LogP contribution in [0.1, 0.15) is 40.5 Å². The molecule has 0 bridgehead atoms. The fraction of sp³-hybridized carbons (Fsp3) is 0.733. The molecule has 3 heteroatoms. The molecule has 2 atom stereocenters. The van der Waals surface area contributed by atoms with Gasteiger partial charge in [-0.3, -0.25) is 9.59 Å². The molecule has 0 saturated heterocycles. The van der Waals surface area contributed by atoms with E-state index in [1.54, 1.807) is 6.08 Å². The van der Waals surface area contributed by atoms with E-state index in [9.17, 15) is 9.59 Å². The summed E-state index contributed by atoms with van der Waals surface area (Å²) >= 11 is 0. The monoisotopic (exact) mass is 252 g/mol. The van der Waals surface area contributed by atoms with Crippen LogP contribution >= 0.6 is 0 Å². The Bertz CT molecular complexity index is 323. The summed E-state index contributed by atoms with van der Waals surface area (Å²) in [6, 6.07) is 0. The molecule has 1 aliphatic carbocycles. The van der Waals surface area contributed by atoms with E-state index >= 15 is 0 Å². The fourth-order valence-electron chi connectivity index (χ4n) is 2.68. The highest BCUT2D eigenvalue weighted by Gasteiger charge is 2.40. The van der Waals surface area contributed by atoms with Crippen LogP contribution in [0.2, 0.25) is 0 Å². The molecule has 0 aromatic carbocycles. The maximum absolute atomic E-state index is 12.2. The van der Waals surface area contributed by atoms with Gasteiger partial charge in [-0.15, -0.1) is 6.58 Å². The van der Waals surface area contributed by atoms with E-state index in [-0.39, 0.29) is 35.6 Å². The van der Waals surface area contributed by atoms with Crippen molar-refractivity contribution in [2.75, 3.05) is 0 Å². The molecule has 0 aromatic rings. The molecule has 0 N–H and O–H groups in total. The molecule has 1 aliphatic rings. The molecule has 0 aliphatic heterocycles. The van der Waals surface area contributed by atoms with Gasteiger partial charge in [-0.25, -0.2) is 0 Å². The van der Waals surface area contributed by atoms with E-state index in [0.717, 1.165) is 6.42 Å². The average Bonchev–Trinajstić information content (AvgIpc) is 2.66. The highest BCUT2D eigenvalue weighted by Crippen LogP contribution is 2.31. The Balaban J connectivity index is 2.74. The van der Waals surface area contributed by atoms with Gasteiger partial charge < -0.3 is 4.74 Å². The Kier molecular flexibility index (Phi) is 5.12. The van der Waals surface area contributed by atoms with E-state index in [1.807, 2.05) is 27.7 Å². The van der Waals surface area contributed by atoms with Gasteiger partial charge >= 0.3 is 5.97 Å². The molecule has 1 saturated carbocycles. The molecule has 2 unspecified atom stereocenters. The van der Waals surface area contributed by atoms with Crippen molar-refractivity contribution in [3.05, 3.63) is 12.7 Å². The molecule has 1 fully saturated rings. The van der Waals surface area contributed by atoms with E-state index in [4.69, 9.17) is 4.74 Å². The predicted octanol–water partition coefficient (Wildman–Crippen LogP) is 2.99. The Morgan fingerprint density at radius 3 is 2.33 bits per heavy atom. The second kappa shape index (κ2) is 6.17. The summed E-state index contributed by atoms with van der Waals surface area (Å²) in [6.07, 6.45) is 2.76. The summed E-state index contributed by atoms with van der Waals surface area (Å²) in [5, 5.41) is 0. The Labute approximate surface area is 110 Å². The third-order valence-corrected chi connectivity index (χ3v) is 3.62. The van der Waals surface area contributed by atoms with Crippen molar-refractivity contribution in [1.82, 2.24) is 0 Å². The molecule has 0 radical (unpaired) electrons. The first-order valence-corrected chi connectivity index (χ1v) is 6.74. The summed E-state index contributed by atoms with van der Waals surface area (Å²) in [4.78, 5) is 23.9. The van der Waals surface area contributed by atoms with Crippen LogP contribution in [0.4, 0.5) is 0 Å². The van der Waals surface area contributed by atoms with Gasteiger partial charge in [0.25, 0.3) is 0 Å². The van der Waals surface area contributed by atoms with Gasteiger partial charge in [0.15, 0.2) is 0 Å². The summed E-state index contributed by atoms with van der Waals surface area (Å²) in [7, 11) is 0. The van der Waals surface area contributed by atoms with Crippen LogP contribution in [0, 0.1) is 23.7 Å². The van der Waals surface area contributed by atoms with Gasteiger partial charge in [-0.05, 0) is 24.2 Å². The maximum Gasteiger partial charge on any atom is 0.317 e. The lowest BCUT2D eigenvalue weighted by molar-refractivity contribution is -0.161. The second-order valence-electron chi connectivity index (χ2n) is 5.77. The van der Waals surface area contributed by atoms with E-state index in [0.29, 0.717) is 6.42 Å². The first-order valence-electron chi connectivity index (χ1n) is 6.74. The van der Waals surface area contributed by atoms with Crippen LogP contribution in [-0.4, -0.2) is 17.9 Å². The highest BCUT2D eigenvalue weighted by molar-refractivity contribution is 6.01. The number of ketones is 1. The van der Waals surface area contributed by atoms with Crippen LogP contribution in [0.15, 0.2) is 12.7 Å². The average molecular weight is 252 g/mol. The van der Waals surface area contributed by atoms with Crippen molar-refractivity contribution in [2.45, 2.75) is 46.6 Å². The molecule has 102 valence electrons. The van der Waals surface area contributed by atoms with Crippen molar-refractivity contribution >= 4 is 11.8 Å². The summed E-state index contributed by atoms with van der Waals surface area (Å²) in [5.74, 6) is -0.529. The van der Waals surface area contributed by atoms with Crippen molar-refractivity contribution in [3.8, 4) is 0 Å². The second-order valence-corrected chi connectivity index (χ2v) is 5.77. The molecule has 0 amide bonds. The minimum absolute atomic E-state index is 0.00355. The van der Waals surface area contributed by atoms with Gasteiger partial charge in [-0.1, -0.05) is 33.8 Å². The van der Waals surface area contributed by atoms with Crippen LogP contribution < -0.4 is 0 Å². The van der Waals surface area contributed by atoms with Crippen LogP contribution in [0.25, 0.3) is 0 Å². The number of hydrogen-bond donors (Lipinski definition) is 0. The molecule has 1 rings (SSSR count). The first-order chi connectivity index (χ1) is 8.38. The zero-order valence-corrected chi connectivity index (χ0v) is 11.8. The molecular formula is C15H24O3. The first kappa shape index (κ1) is 14.9. The Morgan fingerprint density at radius 2 is 1.89 bits per heavy atom. The van der Waals surface area contributed by atoms with Crippen LogP contribution in [-0.2, 0) is 14.3 Å². The quantitative estimate of drug-likeness (QED) is 0.429. The molecule has 0 spiro atoms. The predicted molar refractivity (Wildman–Crippen MR) is 71.0 cm³/mol. The number of carbonyl (C=O) groups excluding carboxylic acids is 2. The summed E-state index contributed by atoms with van der Waals surface area (Å²) in [6.45, 7) is 11.8. The summed E-state index contributed by atoms with van der Waals surface area (Å²) < 4.78 is 5.55. The topological polar surface area (TPSA) is 43.4 Å². The van der Waals surface area contributed by atoms with Crippen LogP contribution in [0.5, 0.6) is 0 Å². The molecule has 0 heterocycles. The molecular weight excluding hydrogens is 228 g/mol. The maximum atomic E-state index is 12.2. The third kappa shape index (κ3) is 3.21. The van der Waals surface area contributed by atoms with Crippen LogP contribution in [0.3, 0.4) is 0 Å². The minimum Gasteiger partial charge on any atom is -0.461 e. The number of ether oxygens (including phenoxy) is 1. The number of allylic oxidation sites excluding steroid dienone is 1. The third-order valence-electron chi connectivity index (χ3n) is 3.62. The van der Waals surface area contributed by atoms with E-state index < -0.39 is 5.92 Å². The van der Waals surface area contributed by atoms with Crippen molar-refractivity contribution in [3.63, 3.8) is 0 Å². The SMILES string of the molecule is C=CC1CCC(=O)C1C(=O)OC(C(C)C)C(C)C. The molecule has 3 nitrogen and oxygen atoms in total. The van der Waals surface area contributed by atoms with Gasteiger partial charge in [0.1, 0.15) is 17.8 Å². The number of esters is 1. The van der Waals surface area contributed by atoms with Crippen molar-refractivity contribution in [2.24, 2.45) is 23.7 Å². The largest absolute Gasteiger partial charge is 0.461 e. The number of Topliss-reactive ketones (excluding diaryl/α,β-unsaturated/α-hetero) is 1. The van der Waals surface area contributed by atoms with Gasteiger partial charge in [-0.2, -0.15) is 0 Å². The van der Waals surface area contributed by atoms with E-state index in [1.165, 1.54) is 0 Å². The Morgan fingerprint density at radius 1 is 1.33 bits per heavy atom. The fourth-order valence-corrected chi connectivity index (χ4v) is 2.68. The van der Waals surface area contributed by atoms with Gasteiger partial charge in [0.2, 0.25) is 0 Å². The van der Waals surface area contributed by atoms with Crippen molar-refractivity contribution in [1.29, 1.82) is 0 Å². The normalized spacial score (nSPS) is 24.1. The number of rotatable bonds is 5. The number of carbonyl (C=O) groups is 2. The lowest BCUT2D eigenvalue weighted by Crippen LogP contribution is -2.34. The smallest absolute Gasteiger partial charge is 0.317 e. The lowest BCUT2D eigenvalue weighted by atomic mass is 9.93. The van der Waals surface area contributed by atoms with Gasteiger partial charge in [0.05, 0.1) is 0 Å². The Hall–Kier alpha value is -1.12. The molecule has 0 aromatic heterocycles. The summed E-state index contributed by atoms with van der Waals surface area (Å²) in [5.41, 5.74) is 0. The zero-order chi connectivity index (χ0) is 13.9. The molecule has 18 heavy (non-hydrogen) atoms. The minimum atomic E-state index is -0.623. The van der Waals surface area contributed by atoms with Crippen molar-refractivity contribution < 1.29 is 14.3 Å². The number of hydrogen-bond acceptors (Lipinski definition) is 3. The lowest BCUT2D eigenvalue weighted by Gasteiger charge is -2.27. The van der Waals surface area contributed by atoms with Gasteiger partial charge in [0, 0.05) is 6.42 Å². The zero-order valence-electron chi connectivity index (χ0n) is 11.8.